The van der Waals surface area contributed by atoms with Crippen LogP contribution in [0.2, 0.25) is 0 Å². The number of pyridine rings is 1. The maximum absolute atomic E-state index is 11.8. The number of rotatable bonds is 4. The lowest BCUT2D eigenvalue weighted by Crippen LogP contribution is -2.13. The maximum Gasteiger partial charge on any atom is 0.237 e. The molecule has 1 aliphatic carbocycles. The normalized spacial score (nSPS) is 13.9. The lowest BCUT2D eigenvalue weighted by Gasteiger charge is -2.04. The van der Waals surface area contributed by atoms with Gasteiger partial charge in [-0.3, -0.25) is 4.79 Å². The van der Waals surface area contributed by atoms with Crippen molar-refractivity contribution in [1.82, 2.24) is 19.6 Å². The van der Waals surface area contributed by atoms with Crippen molar-refractivity contribution in [2.45, 2.75) is 12.8 Å². The first kappa shape index (κ1) is 13.5. The van der Waals surface area contributed by atoms with Crippen molar-refractivity contribution < 1.29 is 9.53 Å². The maximum atomic E-state index is 11.8. The van der Waals surface area contributed by atoms with E-state index in [1.807, 2.05) is 0 Å². The van der Waals surface area contributed by atoms with Crippen molar-refractivity contribution in [3.8, 4) is 11.6 Å². The number of hydrogen-bond acceptors (Lipinski definition) is 6. The Morgan fingerprint density at radius 2 is 2.17 bits per heavy atom. The fourth-order valence-corrected chi connectivity index (χ4v) is 2.13. The molecule has 116 valence electrons. The molecule has 3 N–H and O–H groups in total. The van der Waals surface area contributed by atoms with Crippen LogP contribution in [0.1, 0.15) is 12.8 Å². The molecule has 0 spiro atoms. The molecule has 0 aromatic carbocycles. The van der Waals surface area contributed by atoms with Gasteiger partial charge in [0.25, 0.3) is 0 Å². The summed E-state index contributed by atoms with van der Waals surface area (Å²) < 4.78 is 7.17. The number of nitrogen functional groups attached to an aromatic ring is 1. The smallest absolute Gasteiger partial charge is 0.237 e. The molecule has 1 amide bonds. The van der Waals surface area contributed by atoms with Gasteiger partial charge in [-0.2, -0.15) is 0 Å². The molecule has 8 heteroatoms. The van der Waals surface area contributed by atoms with E-state index in [0.29, 0.717) is 28.9 Å². The average Bonchev–Trinajstić information content (AvgIpc) is 3.31. The van der Waals surface area contributed by atoms with E-state index in [1.165, 1.54) is 6.20 Å². The van der Waals surface area contributed by atoms with Crippen molar-refractivity contribution in [2.24, 2.45) is 5.92 Å². The first-order valence-electron chi connectivity index (χ1n) is 7.24. The van der Waals surface area contributed by atoms with Crippen LogP contribution in [-0.4, -0.2) is 25.5 Å². The van der Waals surface area contributed by atoms with Crippen LogP contribution in [0.5, 0.6) is 11.6 Å². The Kier molecular flexibility index (Phi) is 3.07. The third-order valence-electron chi connectivity index (χ3n) is 3.48. The number of anilines is 2. The Morgan fingerprint density at radius 3 is 2.91 bits per heavy atom. The van der Waals surface area contributed by atoms with Gasteiger partial charge in [0.05, 0.1) is 12.4 Å². The van der Waals surface area contributed by atoms with Gasteiger partial charge in [-0.15, -0.1) is 5.10 Å². The van der Waals surface area contributed by atoms with Crippen LogP contribution in [0.4, 0.5) is 11.6 Å². The first-order chi connectivity index (χ1) is 11.2. The topological polar surface area (TPSA) is 107 Å². The van der Waals surface area contributed by atoms with Crippen molar-refractivity contribution in [1.29, 1.82) is 0 Å². The van der Waals surface area contributed by atoms with Crippen LogP contribution in [0.25, 0.3) is 5.65 Å². The summed E-state index contributed by atoms with van der Waals surface area (Å²) >= 11 is 0. The third kappa shape index (κ3) is 2.91. The predicted molar refractivity (Wildman–Crippen MR) is 83.1 cm³/mol. The zero-order chi connectivity index (χ0) is 15.8. The largest absolute Gasteiger partial charge is 0.436 e. The molecule has 3 heterocycles. The standard InChI is InChI=1S/C15H14N6O2/c16-11-4-3-10(7-17-11)23-14-6-5-13-18-12(8-21(13)20-14)19-15(22)9-1-2-9/h3-9H,1-2H2,(H2,16,17)(H,19,22). The average molecular weight is 310 g/mol. The zero-order valence-corrected chi connectivity index (χ0v) is 12.1. The lowest BCUT2D eigenvalue weighted by atomic mass is 10.4. The Morgan fingerprint density at radius 1 is 1.30 bits per heavy atom. The van der Waals surface area contributed by atoms with E-state index in [0.717, 1.165) is 12.8 Å². The van der Waals surface area contributed by atoms with Gasteiger partial charge in [-0.25, -0.2) is 14.5 Å². The molecule has 1 fully saturated rings. The number of imidazole rings is 1. The summed E-state index contributed by atoms with van der Waals surface area (Å²) in [5.41, 5.74) is 6.16. The monoisotopic (exact) mass is 310 g/mol. The Hall–Kier alpha value is -3.16. The van der Waals surface area contributed by atoms with Crippen molar-refractivity contribution in [2.75, 3.05) is 11.1 Å². The molecule has 3 aromatic heterocycles. The van der Waals surface area contributed by atoms with E-state index in [1.54, 1.807) is 35.0 Å². The van der Waals surface area contributed by atoms with Crippen LogP contribution in [0.15, 0.2) is 36.7 Å². The fourth-order valence-electron chi connectivity index (χ4n) is 2.13. The van der Waals surface area contributed by atoms with Gasteiger partial charge in [0.2, 0.25) is 11.8 Å². The number of nitrogens with two attached hydrogens (primary N) is 1. The molecule has 1 saturated carbocycles. The first-order valence-corrected chi connectivity index (χ1v) is 7.24. The molecule has 23 heavy (non-hydrogen) atoms. The van der Waals surface area contributed by atoms with Crippen molar-refractivity contribution in [3.63, 3.8) is 0 Å². The molecular formula is C15H14N6O2. The number of amides is 1. The molecule has 0 radical (unpaired) electrons. The highest BCUT2D eigenvalue weighted by molar-refractivity contribution is 5.93. The minimum absolute atomic E-state index is 0.0119. The van der Waals surface area contributed by atoms with E-state index in [-0.39, 0.29) is 11.8 Å². The second kappa shape index (κ2) is 5.24. The highest BCUT2D eigenvalue weighted by Crippen LogP contribution is 2.30. The number of carbonyl (C=O) groups is 1. The minimum atomic E-state index is 0.0119. The quantitative estimate of drug-likeness (QED) is 0.761. The Labute approximate surface area is 131 Å². The number of fused-ring (bicyclic) bond motifs is 1. The summed E-state index contributed by atoms with van der Waals surface area (Å²) in [6, 6.07) is 6.82. The number of ether oxygens (including phenoxy) is 1. The van der Waals surface area contributed by atoms with Crippen LogP contribution in [0.3, 0.4) is 0 Å². The van der Waals surface area contributed by atoms with E-state index in [2.05, 4.69) is 20.4 Å². The van der Waals surface area contributed by atoms with E-state index in [4.69, 9.17) is 10.5 Å². The molecule has 1 aliphatic rings. The second-order valence-electron chi connectivity index (χ2n) is 5.38. The minimum Gasteiger partial charge on any atom is -0.436 e. The second-order valence-corrected chi connectivity index (χ2v) is 5.38. The Bertz CT molecular complexity index is 869. The predicted octanol–water partition coefficient (Wildman–Crippen LogP) is 1.85. The molecular weight excluding hydrogens is 296 g/mol. The highest BCUT2D eigenvalue weighted by atomic mass is 16.5. The third-order valence-corrected chi connectivity index (χ3v) is 3.48. The van der Waals surface area contributed by atoms with Crippen molar-refractivity contribution >= 4 is 23.2 Å². The summed E-state index contributed by atoms with van der Waals surface area (Å²) in [5, 5.41) is 7.10. The zero-order valence-electron chi connectivity index (χ0n) is 12.1. The summed E-state index contributed by atoms with van der Waals surface area (Å²) in [6.07, 6.45) is 5.08. The van der Waals surface area contributed by atoms with Crippen LogP contribution < -0.4 is 15.8 Å². The lowest BCUT2D eigenvalue weighted by molar-refractivity contribution is -0.117. The van der Waals surface area contributed by atoms with E-state index in [9.17, 15) is 4.79 Å². The van der Waals surface area contributed by atoms with Gasteiger partial charge in [-0.05, 0) is 31.0 Å². The van der Waals surface area contributed by atoms with Gasteiger partial charge >= 0.3 is 0 Å². The summed E-state index contributed by atoms with van der Waals surface area (Å²) in [7, 11) is 0. The molecule has 0 saturated heterocycles. The molecule has 0 bridgehead atoms. The van der Waals surface area contributed by atoms with Crippen LogP contribution in [-0.2, 0) is 4.79 Å². The number of aromatic nitrogens is 4. The van der Waals surface area contributed by atoms with Gasteiger partial charge in [0.1, 0.15) is 11.6 Å². The van der Waals surface area contributed by atoms with Crippen LogP contribution >= 0.6 is 0 Å². The van der Waals surface area contributed by atoms with Crippen molar-refractivity contribution in [3.05, 3.63) is 36.7 Å². The number of nitrogens with zero attached hydrogens (tertiary/aromatic N) is 4. The summed E-state index contributed by atoms with van der Waals surface area (Å²) in [6.45, 7) is 0. The Balaban J connectivity index is 1.54. The molecule has 0 atom stereocenters. The number of nitrogens with one attached hydrogen (secondary N) is 1. The molecule has 0 aliphatic heterocycles. The fraction of sp³-hybridized carbons (Fsp3) is 0.200. The molecule has 0 unspecified atom stereocenters. The summed E-state index contributed by atoms with van der Waals surface area (Å²) in [5.74, 6) is 1.98. The molecule has 4 rings (SSSR count). The molecule has 3 aromatic rings. The van der Waals surface area contributed by atoms with Gasteiger partial charge in [-0.1, -0.05) is 0 Å². The molecule has 8 nitrogen and oxygen atoms in total. The number of carbonyl (C=O) groups excluding carboxylic acids is 1. The SMILES string of the molecule is Nc1ccc(Oc2ccc3nc(NC(=O)C4CC4)cn3n2)cn1. The summed E-state index contributed by atoms with van der Waals surface area (Å²) in [4.78, 5) is 20.0. The van der Waals surface area contributed by atoms with Gasteiger partial charge in [0, 0.05) is 12.0 Å². The van der Waals surface area contributed by atoms with Gasteiger partial charge in [0.15, 0.2) is 11.5 Å². The van der Waals surface area contributed by atoms with Crippen LogP contribution in [0, 0.1) is 5.92 Å². The van der Waals surface area contributed by atoms with E-state index >= 15 is 0 Å². The number of hydrogen-bond donors (Lipinski definition) is 2. The van der Waals surface area contributed by atoms with E-state index < -0.39 is 0 Å². The van der Waals surface area contributed by atoms with Gasteiger partial charge < -0.3 is 15.8 Å². The highest BCUT2D eigenvalue weighted by Gasteiger charge is 2.30.